The maximum Gasteiger partial charge on any atom is 0.271 e. The van der Waals surface area contributed by atoms with Crippen molar-refractivity contribution in [1.82, 2.24) is 14.9 Å². The number of aryl methyl sites for hydroxylation is 3. The van der Waals surface area contributed by atoms with Gasteiger partial charge in [-0.1, -0.05) is 24.3 Å². The van der Waals surface area contributed by atoms with Gasteiger partial charge in [-0.25, -0.2) is 4.98 Å². The second kappa shape index (κ2) is 7.79. The van der Waals surface area contributed by atoms with Crippen LogP contribution < -0.4 is 16.5 Å². The van der Waals surface area contributed by atoms with E-state index in [1.165, 1.54) is 11.1 Å². The molecular formula is C23H27N5O. The summed E-state index contributed by atoms with van der Waals surface area (Å²) in [5.74, 6) is -0.666. The van der Waals surface area contributed by atoms with Crippen molar-refractivity contribution in [2.24, 2.45) is 5.73 Å². The number of aromatic nitrogens is 2. The maximum atomic E-state index is 11.8. The summed E-state index contributed by atoms with van der Waals surface area (Å²) in [5.41, 5.74) is 12.2. The highest BCUT2D eigenvalue weighted by Gasteiger charge is 2.18. The van der Waals surface area contributed by atoms with Gasteiger partial charge in [0.25, 0.3) is 5.91 Å². The van der Waals surface area contributed by atoms with Crippen molar-refractivity contribution in [1.29, 1.82) is 5.41 Å². The summed E-state index contributed by atoms with van der Waals surface area (Å²) in [6, 6.07) is 13.0. The summed E-state index contributed by atoms with van der Waals surface area (Å²) in [4.78, 5) is 16.2. The van der Waals surface area contributed by atoms with Gasteiger partial charge in [-0.05, 0) is 67.5 Å². The van der Waals surface area contributed by atoms with Crippen LogP contribution in [0.4, 0.5) is 0 Å². The monoisotopic (exact) mass is 389 g/mol. The number of primary amides is 1. The summed E-state index contributed by atoms with van der Waals surface area (Å²) < 4.78 is 1.85. The van der Waals surface area contributed by atoms with Crippen molar-refractivity contribution in [2.45, 2.75) is 45.7 Å². The first-order valence-electron chi connectivity index (χ1n) is 10.1. The molecule has 1 heterocycles. The Balaban J connectivity index is 1.57. The molecule has 4 rings (SSSR count). The van der Waals surface area contributed by atoms with Crippen LogP contribution in [0.2, 0.25) is 0 Å². The number of hydrogen-bond acceptors (Lipinski definition) is 4. The van der Waals surface area contributed by atoms with Crippen molar-refractivity contribution in [3.8, 4) is 0 Å². The quantitative estimate of drug-likeness (QED) is 0.625. The van der Waals surface area contributed by atoms with Crippen LogP contribution in [-0.4, -0.2) is 28.0 Å². The van der Waals surface area contributed by atoms with Gasteiger partial charge in [0.05, 0.1) is 11.0 Å². The highest BCUT2D eigenvalue weighted by molar-refractivity contribution is 5.92. The zero-order valence-corrected chi connectivity index (χ0v) is 17.0. The molecule has 0 saturated carbocycles. The predicted molar refractivity (Wildman–Crippen MR) is 114 cm³/mol. The molecule has 4 N–H and O–H groups in total. The minimum atomic E-state index is -0.666. The molecule has 1 amide bonds. The number of hydrogen-bond donors (Lipinski definition) is 3. The Bertz CT molecular complexity index is 1150. The molecule has 1 aromatic heterocycles. The van der Waals surface area contributed by atoms with Gasteiger partial charge >= 0.3 is 0 Å². The number of rotatable bonds is 5. The van der Waals surface area contributed by atoms with Crippen LogP contribution >= 0.6 is 0 Å². The number of carbonyl (C=O) groups excluding carboxylic acids is 1. The Kier molecular flexibility index (Phi) is 5.20. The van der Waals surface area contributed by atoms with Crippen LogP contribution in [0.3, 0.4) is 0 Å². The van der Waals surface area contributed by atoms with Gasteiger partial charge in [-0.3, -0.25) is 10.2 Å². The average Bonchev–Trinajstić information content (AvgIpc) is 2.70. The predicted octanol–water partition coefficient (Wildman–Crippen LogP) is 2.38. The highest BCUT2D eigenvalue weighted by atomic mass is 16.1. The van der Waals surface area contributed by atoms with Crippen molar-refractivity contribution >= 4 is 16.9 Å². The lowest BCUT2D eigenvalue weighted by atomic mass is 9.88. The van der Waals surface area contributed by atoms with Crippen LogP contribution in [0.1, 0.15) is 39.2 Å². The standard InChI is InChI=1S/C23H27N5O/c1-14-11-19-20(12-15(14)2)28(22(24)21(27-19)23(25)29)10-9-26-18-8-7-16-5-3-4-6-17(16)13-18/h3-6,11-12,18,24,26H,7-10,13H2,1-2H3,(H2,25,29). The van der Waals surface area contributed by atoms with Crippen molar-refractivity contribution in [3.63, 3.8) is 0 Å². The first-order chi connectivity index (χ1) is 13.9. The van der Waals surface area contributed by atoms with Crippen LogP contribution in [0.5, 0.6) is 0 Å². The summed E-state index contributed by atoms with van der Waals surface area (Å²) in [5, 5.41) is 12.1. The Morgan fingerprint density at radius 2 is 1.97 bits per heavy atom. The molecular weight excluding hydrogens is 362 g/mol. The lowest BCUT2D eigenvalue weighted by molar-refractivity contribution is 0.0993. The Morgan fingerprint density at radius 1 is 1.24 bits per heavy atom. The number of nitrogens with two attached hydrogens (primary N) is 1. The second-order valence-corrected chi connectivity index (χ2v) is 7.91. The van der Waals surface area contributed by atoms with Crippen molar-refractivity contribution in [3.05, 3.63) is 69.8 Å². The molecule has 0 spiro atoms. The maximum absolute atomic E-state index is 11.8. The summed E-state index contributed by atoms with van der Waals surface area (Å²) in [7, 11) is 0. The van der Waals surface area contributed by atoms with E-state index in [1.54, 1.807) is 0 Å². The molecule has 1 aliphatic rings. The van der Waals surface area contributed by atoms with Crippen LogP contribution in [0, 0.1) is 19.3 Å². The van der Waals surface area contributed by atoms with Crippen LogP contribution in [0.15, 0.2) is 36.4 Å². The number of carbonyl (C=O) groups is 1. The van der Waals surface area contributed by atoms with Gasteiger partial charge in [0.15, 0.2) is 11.2 Å². The zero-order valence-electron chi connectivity index (χ0n) is 17.0. The summed E-state index contributed by atoms with van der Waals surface area (Å²) in [6.45, 7) is 5.36. The van der Waals surface area contributed by atoms with E-state index >= 15 is 0 Å². The van der Waals surface area contributed by atoms with E-state index in [2.05, 4.69) is 34.6 Å². The molecule has 6 nitrogen and oxygen atoms in total. The lowest BCUT2D eigenvalue weighted by Crippen LogP contribution is -2.39. The third kappa shape index (κ3) is 3.80. The number of fused-ring (bicyclic) bond motifs is 2. The molecule has 2 aromatic carbocycles. The molecule has 1 unspecified atom stereocenters. The first-order valence-corrected chi connectivity index (χ1v) is 10.1. The molecule has 29 heavy (non-hydrogen) atoms. The third-order valence-electron chi connectivity index (χ3n) is 5.96. The van der Waals surface area contributed by atoms with E-state index in [0.29, 0.717) is 24.6 Å². The van der Waals surface area contributed by atoms with Gasteiger partial charge in [0.1, 0.15) is 0 Å². The normalized spacial score (nSPS) is 16.0. The summed E-state index contributed by atoms with van der Waals surface area (Å²) in [6.07, 6.45) is 3.22. The molecule has 3 aromatic rings. The molecule has 0 saturated heterocycles. The second-order valence-electron chi connectivity index (χ2n) is 7.91. The fraction of sp³-hybridized carbons (Fsp3) is 0.348. The molecule has 150 valence electrons. The van der Waals surface area contributed by atoms with Crippen molar-refractivity contribution in [2.75, 3.05) is 6.54 Å². The Labute approximate surface area is 170 Å². The largest absolute Gasteiger partial charge is 0.364 e. The number of nitrogens with zero attached hydrogens (tertiary/aromatic N) is 2. The fourth-order valence-electron chi connectivity index (χ4n) is 4.17. The van der Waals surface area contributed by atoms with Gasteiger partial charge < -0.3 is 15.6 Å². The number of nitrogens with one attached hydrogen (secondary N) is 2. The van der Waals surface area contributed by atoms with Crippen LogP contribution in [-0.2, 0) is 19.4 Å². The highest BCUT2D eigenvalue weighted by Crippen LogP contribution is 2.21. The van der Waals surface area contributed by atoms with E-state index in [4.69, 9.17) is 11.1 Å². The molecule has 0 bridgehead atoms. The van der Waals surface area contributed by atoms with E-state index in [1.807, 2.05) is 30.5 Å². The molecule has 1 aliphatic carbocycles. The SMILES string of the molecule is Cc1cc2nc(C(N)=O)c(=N)n(CCNC3CCc4ccccc4C3)c2cc1C. The summed E-state index contributed by atoms with van der Waals surface area (Å²) >= 11 is 0. The first kappa shape index (κ1) is 19.3. The molecule has 0 radical (unpaired) electrons. The number of amides is 1. The van der Waals surface area contributed by atoms with Crippen LogP contribution in [0.25, 0.3) is 11.0 Å². The molecule has 0 aliphatic heterocycles. The average molecular weight is 390 g/mol. The van der Waals surface area contributed by atoms with Gasteiger partial charge in [0.2, 0.25) is 0 Å². The fourth-order valence-corrected chi connectivity index (χ4v) is 4.17. The lowest BCUT2D eigenvalue weighted by Gasteiger charge is -2.26. The third-order valence-corrected chi connectivity index (χ3v) is 5.96. The van der Waals surface area contributed by atoms with E-state index in [9.17, 15) is 4.79 Å². The van der Waals surface area contributed by atoms with Crippen molar-refractivity contribution < 1.29 is 4.79 Å². The minimum absolute atomic E-state index is 0.0207. The molecule has 0 fully saturated rings. The van der Waals surface area contributed by atoms with Gasteiger partial charge in [0, 0.05) is 19.1 Å². The topological polar surface area (TPSA) is 96.8 Å². The molecule has 6 heteroatoms. The Hall–Kier alpha value is -2.99. The minimum Gasteiger partial charge on any atom is -0.364 e. The van der Waals surface area contributed by atoms with E-state index in [0.717, 1.165) is 35.9 Å². The molecule has 1 atom stereocenters. The zero-order chi connectivity index (χ0) is 20.5. The number of benzene rings is 2. The van der Waals surface area contributed by atoms with Gasteiger partial charge in [-0.2, -0.15) is 0 Å². The Morgan fingerprint density at radius 3 is 2.72 bits per heavy atom. The smallest absolute Gasteiger partial charge is 0.271 e. The van der Waals surface area contributed by atoms with E-state index in [-0.39, 0.29) is 11.2 Å². The van der Waals surface area contributed by atoms with Gasteiger partial charge in [-0.15, -0.1) is 0 Å². The van der Waals surface area contributed by atoms with E-state index < -0.39 is 5.91 Å².